The van der Waals surface area contributed by atoms with Gasteiger partial charge in [0.15, 0.2) is 0 Å². The van der Waals surface area contributed by atoms with E-state index in [4.69, 9.17) is 8.92 Å². The number of hydrogen-bond donors (Lipinski definition) is 0. The van der Waals surface area contributed by atoms with Gasteiger partial charge in [0.25, 0.3) is 0 Å². The standard InChI is InChI=1S/C15H21NO5S/c1-12-5-7-14(8-6-12)22(18,19)21-11-13(2)15(17)20-10-9-16(3)4/h5-8,11H,9-10H2,1-4H3. The zero-order valence-corrected chi connectivity index (χ0v) is 14.0. The highest BCUT2D eigenvalue weighted by molar-refractivity contribution is 7.86. The lowest BCUT2D eigenvalue weighted by molar-refractivity contribution is -0.139. The van der Waals surface area contributed by atoms with Crippen LogP contribution >= 0.6 is 0 Å². The largest absolute Gasteiger partial charge is 0.461 e. The van der Waals surface area contributed by atoms with Crippen molar-refractivity contribution in [1.82, 2.24) is 4.90 Å². The maximum Gasteiger partial charge on any atom is 0.338 e. The predicted octanol–water partition coefficient (Wildman–Crippen LogP) is 1.71. The number of esters is 1. The van der Waals surface area contributed by atoms with Crippen LogP contribution < -0.4 is 0 Å². The number of hydrogen-bond acceptors (Lipinski definition) is 6. The van der Waals surface area contributed by atoms with Gasteiger partial charge in [-0.2, -0.15) is 8.42 Å². The van der Waals surface area contributed by atoms with Crippen molar-refractivity contribution >= 4 is 16.1 Å². The first-order valence-electron chi connectivity index (χ1n) is 6.71. The van der Waals surface area contributed by atoms with Gasteiger partial charge in [-0.05, 0) is 40.1 Å². The van der Waals surface area contributed by atoms with E-state index < -0.39 is 16.1 Å². The van der Waals surface area contributed by atoms with Gasteiger partial charge in [0, 0.05) is 6.54 Å². The van der Waals surface area contributed by atoms with Gasteiger partial charge in [0.1, 0.15) is 17.8 Å². The Labute approximate surface area is 131 Å². The Bertz CT molecular complexity index is 632. The Morgan fingerprint density at radius 3 is 2.36 bits per heavy atom. The molecule has 0 spiro atoms. The molecule has 1 aromatic carbocycles. The number of rotatable bonds is 7. The lowest BCUT2D eigenvalue weighted by atomic mass is 10.2. The van der Waals surface area contributed by atoms with Crippen LogP contribution in [0.25, 0.3) is 0 Å². The number of likely N-dealkylation sites (N-methyl/N-ethyl adjacent to an activating group) is 1. The first kappa shape index (κ1) is 18.2. The lowest BCUT2D eigenvalue weighted by Gasteiger charge is -2.10. The summed E-state index contributed by atoms with van der Waals surface area (Å²) in [6.45, 7) is 4.09. The molecule has 0 unspecified atom stereocenters. The summed E-state index contributed by atoms with van der Waals surface area (Å²) < 4.78 is 33.6. The molecule has 0 aromatic heterocycles. The van der Waals surface area contributed by atoms with Crippen LogP contribution in [0, 0.1) is 6.92 Å². The van der Waals surface area contributed by atoms with E-state index in [-0.39, 0.29) is 17.1 Å². The van der Waals surface area contributed by atoms with Crippen LogP contribution in [0.1, 0.15) is 12.5 Å². The minimum Gasteiger partial charge on any atom is -0.461 e. The Balaban J connectivity index is 2.65. The van der Waals surface area contributed by atoms with Gasteiger partial charge in [-0.3, -0.25) is 0 Å². The fraction of sp³-hybridized carbons (Fsp3) is 0.400. The van der Waals surface area contributed by atoms with Crippen molar-refractivity contribution in [2.45, 2.75) is 18.7 Å². The third-order valence-electron chi connectivity index (χ3n) is 2.75. The van der Waals surface area contributed by atoms with E-state index in [1.165, 1.54) is 19.1 Å². The van der Waals surface area contributed by atoms with Crippen molar-refractivity contribution in [3.63, 3.8) is 0 Å². The van der Waals surface area contributed by atoms with Gasteiger partial charge in [0.05, 0.1) is 5.57 Å². The molecule has 7 heteroatoms. The van der Waals surface area contributed by atoms with Crippen LogP contribution in [0.3, 0.4) is 0 Å². The summed E-state index contributed by atoms with van der Waals surface area (Å²) >= 11 is 0. The topological polar surface area (TPSA) is 72.9 Å². The highest BCUT2D eigenvalue weighted by Gasteiger charge is 2.15. The molecule has 0 radical (unpaired) electrons. The molecule has 0 aliphatic rings. The van der Waals surface area contributed by atoms with Crippen LogP contribution in [0.5, 0.6) is 0 Å². The second-order valence-corrected chi connectivity index (χ2v) is 6.68. The predicted molar refractivity (Wildman–Crippen MR) is 82.7 cm³/mol. The zero-order valence-electron chi connectivity index (χ0n) is 13.2. The molecule has 22 heavy (non-hydrogen) atoms. The third-order valence-corrected chi connectivity index (χ3v) is 3.95. The van der Waals surface area contributed by atoms with Crippen molar-refractivity contribution in [1.29, 1.82) is 0 Å². The third kappa shape index (κ3) is 5.87. The van der Waals surface area contributed by atoms with Crippen LogP contribution in [-0.4, -0.2) is 46.5 Å². The van der Waals surface area contributed by atoms with E-state index in [9.17, 15) is 13.2 Å². The molecule has 0 amide bonds. The second kappa shape index (κ2) is 7.95. The van der Waals surface area contributed by atoms with Gasteiger partial charge < -0.3 is 13.8 Å². The molecule has 0 fully saturated rings. The summed E-state index contributed by atoms with van der Waals surface area (Å²) in [5.74, 6) is -0.610. The summed E-state index contributed by atoms with van der Waals surface area (Å²) in [4.78, 5) is 13.5. The van der Waals surface area contributed by atoms with Crippen molar-refractivity contribution in [3.05, 3.63) is 41.7 Å². The van der Waals surface area contributed by atoms with Gasteiger partial charge in [-0.15, -0.1) is 0 Å². The lowest BCUT2D eigenvalue weighted by Crippen LogP contribution is -2.20. The number of benzene rings is 1. The maximum absolute atomic E-state index is 11.9. The van der Waals surface area contributed by atoms with Crippen molar-refractivity contribution in [3.8, 4) is 0 Å². The summed E-state index contributed by atoms with van der Waals surface area (Å²) in [6.07, 6.45) is 0.896. The maximum atomic E-state index is 11.9. The molecular formula is C15H21NO5S. The average Bonchev–Trinajstić information content (AvgIpc) is 2.44. The molecule has 0 saturated carbocycles. The van der Waals surface area contributed by atoms with E-state index in [0.717, 1.165) is 11.8 Å². The SMILES string of the molecule is CC(=COS(=O)(=O)c1ccc(C)cc1)C(=O)OCCN(C)C. The quantitative estimate of drug-likeness (QED) is 0.328. The highest BCUT2D eigenvalue weighted by atomic mass is 32.2. The molecule has 6 nitrogen and oxygen atoms in total. The number of carbonyl (C=O) groups is 1. The minimum absolute atomic E-state index is 0.0307. The van der Waals surface area contributed by atoms with Crippen molar-refractivity contribution in [2.24, 2.45) is 0 Å². The Morgan fingerprint density at radius 2 is 1.82 bits per heavy atom. The van der Waals surface area contributed by atoms with Gasteiger partial charge in [-0.1, -0.05) is 17.7 Å². The van der Waals surface area contributed by atoms with Crippen LogP contribution in [0.15, 0.2) is 41.0 Å². The van der Waals surface area contributed by atoms with Crippen LogP contribution in [0.4, 0.5) is 0 Å². The van der Waals surface area contributed by atoms with Crippen LogP contribution in [-0.2, 0) is 23.8 Å². The molecule has 1 rings (SSSR count). The Kier molecular flexibility index (Phi) is 6.58. The fourth-order valence-corrected chi connectivity index (χ4v) is 2.23. The van der Waals surface area contributed by atoms with Crippen molar-refractivity contribution < 1.29 is 22.1 Å². The smallest absolute Gasteiger partial charge is 0.338 e. The summed E-state index contributed by atoms with van der Waals surface area (Å²) in [6, 6.07) is 6.23. The average molecular weight is 327 g/mol. The molecule has 1 aromatic rings. The zero-order chi connectivity index (χ0) is 16.8. The molecule has 122 valence electrons. The molecule has 0 bridgehead atoms. The van der Waals surface area contributed by atoms with Gasteiger partial charge in [0.2, 0.25) is 0 Å². The molecule has 0 aliphatic heterocycles. The second-order valence-electron chi connectivity index (χ2n) is 5.10. The number of nitrogens with zero attached hydrogens (tertiary/aromatic N) is 1. The highest BCUT2D eigenvalue weighted by Crippen LogP contribution is 2.14. The molecule has 0 N–H and O–H groups in total. The van der Waals surface area contributed by atoms with E-state index in [1.807, 2.05) is 25.9 Å². The van der Waals surface area contributed by atoms with Gasteiger partial charge in [-0.25, -0.2) is 4.79 Å². The first-order chi connectivity index (χ1) is 10.2. The van der Waals surface area contributed by atoms with Gasteiger partial charge >= 0.3 is 16.1 Å². The number of carbonyl (C=O) groups excluding carboxylic acids is 1. The molecule has 0 saturated heterocycles. The van der Waals surface area contributed by atoms with E-state index >= 15 is 0 Å². The Morgan fingerprint density at radius 1 is 1.23 bits per heavy atom. The monoisotopic (exact) mass is 327 g/mol. The Hall–Kier alpha value is -1.86. The van der Waals surface area contributed by atoms with E-state index in [2.05, 4.69) is 0 Å². The molecule has 0 aliphatic carbocycles. The fourth-order valence-electron chi connectivity index (χ4n) is 1.38. The summed E-state index contributed by atoms with van der Waals surface area (Å²) in [5.41, 5.74) is 1.02. The normalized spacial score (nSPS) is 12.3. The number of aryl methyl sites for hydroxylation is 1. The first-order valence-corrected chi connectivity index (χ1v) is 8.12. The number of ether oxygens (including phenoxy) is 1. The molecule has 0 atom stereocenters. The van der Waals surface area contributed by atoms with E-state index in [0.29, 0.717) is 6.54 Å². The summed E-state index contributed by atoms with van der Waals surface area (Å²) in [5, 5.41) is 0. The molecule has 0 heterocycles. The van der Waals surface area contributed by atoms with Crippen molar-refractivity contribution in [2.75, 3.05) is 27.2 Å². The minimum atomic E-state index is -3.93. The van der Waals surface area contributed by atoms with Crippen LogP contribution in [0.2, 0.25) is 0 Å². The van der Waals surface area contributed by atoms with E-state index in [1.54, 1.807) is 12.1 Å². The summed E-state index contributed by atoms with van der Waals surface area (Å²) in [7, 11) is -0.222. The molecular weight excluding hydrogens is 306 g/mol.